The van der Waals surface area contributed by atoms with Crippen molar-refractivity contribution in [2.45, 2.75) is 12.8 Å². The van der Waals surface area contributed by atoms with Gasteiger partial charge in [-0.1, -0.05) is 6.08 Å². The molecule has 0 N–H and O–H groups in total. The number of esters is 1. The van der Waals surface area contributed by atoms with Crippen molar-refractivity contribution >= 4 is 5.97 Å². The molecule has 2 aliphatic rings. The van der Waals surface area contributed by atoms with E-state index in [2.05, 4.69) is 4.74 Å². The summed E-state index contributed by atoms with van der Waals surface area (Å²) in [6, 6.07) is 0. The highest BCUT2D eigenvalue weighted by Crippen LogP contribution is 2.01. The van der Waals surface area contributed by atoms with E-state index in [0.29, 0.717) is 13.0 Å². The third-order valence-electron chi connectivity index (χ3n) is 1.40. The van der Waals surface area contributed by atoms with Crippen LogP contribution in [-0.2, 0) is 14.3 Å². The first-order chi connectivity index (χ1) is 5.89. The Morgan fingerprint density at radius 3 is 2.42 bits per heavy atom. The molecule has 0 bridgehead atoms. The number of rotatable bonds is 0. The summed E-state index contributed by atoms with van der Waals surface area (Å²) in [5.74, 6) is -0.0463. The van der Waals surface area contributed by atoms with Gasteiger partial charge >= 0.3 is 5.97 Å². The van der Waals surface area contributed by atoms with Crippen LogP contribution in [0.5, 0.6) is 0 Å². The highest BCUT2D eigenvalue weighted by Gasteiger charge is 2.08. The summed E-state index contributed by atoms with van der Waals surface area (Å²) in [6.07, 6.45) is 9.01. The van der Waals surface area contributed by atoms with Gasteiger partial charge in [0.2, 0.25) is 0 Å². The van der Waals surface area contributed by atoms with Gasteiger partial charge in [-0.05, 0) is 18.6 Å². The molecule has 1 saturated heterocycles. The Labute approximate surface area is 71.7 Å². The summed E-state index contributed by atoms with van der Waals surface area (Å²) in [4.78, 5) is 10.0. The molecule has 0 aromatic rings. The van der Waals surface area contributed by atoms with Crippen LogP contribution < -0.4 is 0 Å². The van der Waals surface area contributed by atoms with Crippen molar-refractivity contribution in [2.75, 3.05) is 13.2 Å². The monoisotopic (exact) mass is 168 g/mol. The number of allylic oxidation sites excluding steroid dienone is 2. The molecule has 0 radical (unpaired) electrons. The first-order valence-electron chi connectivity index (χ1n) is 3.98. The van der Waals surface area contributed by atoms with E-state index in [1.165, 1.54) is 0 Å². The van der Waals surface area contributed by atoms with Crippen LogP contribution in [0.3, 0.4) is 0 Å². The lowest BCUT2D eigenvalue weighted by molar-refractivity contribution is -0.137. The van der Waals surface area contributed by atoms with Crippen LogP contribution >= 0.6 is 0 Å². The number of carbonyl (C=O) groups excluding carboxylic acids is 1. The molecule has 0 saturated carbocycles. The van der Waals surface area contributed by atoms with Gasteiger partial charge in [-0.2, -0.15) is 0 Å². The van der Waals surface area contributed by atoms with Gasteiger partial charge in [-0.15, -0.1) is 0 Å². The second-order valence-electron chi connectivity index (χ2n) is 2.41. The van der Waals surface area contributed by atoms with Crippen LogP contribution in [0.1, 0.15) is 12.8 Å². The van der Waals surface area contributed by atoms with Gasteiger partial charge < -0.3 is 9.47 Å². The van der Waals surface area contributed by atoms with Crippen LogP contribution in [0.25, 0.3) is 0 Å². The van der Waals surface area contributed by atoms with Crippen LogP contribution in [0.15, 0.2) is 24.5 Å². The molecule has 3 nitrogen and oxygen atoms in total. The number of ether oxygens (including phenoxy) is 2. The van der Waals surface area contributed by atoms with Gasteiger partial charge in [-0.25, -0.2) is 0 Å². The topological polar surface area (TPSA) is 35.5 Å². The van der Waals surface area contributed by atoms with E-state index >= 15 is 0 Å². The number of cyclic esters (lactones) is 1. The molecule has 0 aromatic heterocycles. The normalized spacial score (nSPS) is 19.2. The van der Waals surface area contributed by atoms with Gasteiger partial charge in [0.25, 0.3) is 0 Å². The average molecular weight is 168 g/mol. The Morgan fingerprint density at radius 1 is 1.33 bits per heavy atom. The first kappa shape index (κ1) is 8.84. The zero-order valence-electron chi connectivity index (χ0n) is 6.86. The molecule has 0 spiro atoms. The minimum absolute atomic E-state index is 0.0463. The van der Waals surface area contributed by atoms with Crippen molar-refractivity contribution in [1.29, 1.82) is 0 Å². The summed E-state index contributed by atoms with van der Waals surface area (Å²) < 4.78 is 9.32. The number of hydrogen-bond donors (Lipinski definition) is 0. The van der Waals surface area contributed by atoms with E-state index < -0.39 is 0 Å². The number of hydrogen-bond acceptors (Lipinski definition) is 3. The molecule has 2 aliphatic heterocycles. The lowest BCUT2D eigenvalue weighted by Crippen LogP contribution is -1.88. The molecule has 2 heterocycles. The molecule has 0 amide bonds. The lowest BCUT2D eigenvalue weighted by atomic mass is 10.4. The summed E-state index contributed by atoms with van der Waals surface area (Å²) in [7, 11) is 0. The second-order valence-corrected chi connectivity index (χ2v) is 2.41. The van der Waals surface area contributed by atoms with Crippen LogP contribution in [-0.4, -0.2) is 19.2 Å². The molecule has 3 heteroatoms. The van der Waals surface area contributed by atoms with Crippen LogP contribution in [0.4, 0.5) is 0 Å². The summed E-state index contributed by atoms with van der Waals surface area (Å²) >= 11 is 0. The average Bonchev–Trinajstić information content (AvgIpc) is 2.60. The molecular formula is C9H12O3. The van der Waals surface area contributed by atoms with Crippen molar-refractivity contribution in [3.63, 3.8) is 0 Å². The first-order valence-corrected chi connectivity index (χ1v) is 3.98. The highest BCUT2D eigenvalue weighted by atomic mass is 16.5. The Balaban J connectivity index is 0.000000120. The largest absolute Gasteiger partial charge is 0.497 e. The van der Waals surface area contributed by atoms with Crippen molar-refractivity contribution < 1.29 is 14.3 Å². The molecule has 2 rings (SSSR count). The SMILES string of the molecule is C1=CCOC=C1.O=C1CCCO1. The predicted octanol–water partition coefficient (Wildman–Crippen LogP) is 1.41. The third kappa shape index (κ3) is 3.81. The molecular weight excluding hydrogens is 156 g/mol. The Hall–Kier alpha value is -1.25. The maximum atomic E-state index is 10.0. The molecule has 0 atom stereocenters. The molecule has 0 aromatic carbocycles. The fourth-order valence-corrected chi connectivity index (χ4v) is 0.821. The van der Waals surface area contributed by atoms with Gasteiger partial charge in [-0.3, -0.25) is 4.79 Å². The smallest absolute Gasteiger partial charge is 0.305 e. The van der Waals surface area contributed by atoms with Crippen LogP contribution in [0, 0.1) is 0 Å². The maximum absolute atomic E-state index is 10.0. The van der Waals surface area contributed by atoms with Crippen molar-refractivity contribution in [3.05, 3.63) is 24.5 Å². The van der Waals surface area contributed by atoms with Gasteiger partial charge in [0.1, 0.15) is 6.61 Å². The second kappa shape index (κ2) is 5.41. The molecule has 0 unspecified atom stereocenters. The summed E-state index contributed by atoms with van der Waals surface area (Å²) in [5, 5.41) is 0. The fraction of sp³-hybridized carbons (Fsp3) is 0.444. The van der Waals surface area contributed by atoms with E-state index in [1.54, 1.807) is 6.26 Å². The Morgan fingerprint density at radius 2 is 2.25 bits per heavy atom. The predicted molar refractivity (Wildman–Crippen MR) is 44.4 cm³/mol. The van der Waals surface area contributed by atoms with Crippen LogP contribution in [0.2, 0.25) is 0 Å². The van der Waals surface area contributed by atoms with Crippen molar-refractivity contribution in [1.82, 2.24) is 0 Å². The molecule has 12 heavy (non-hydrogen) atoms. The van der Waals surface area contributed by atoms with E-state index in [9.17, 15) is 4.79 Å². The van der Waals surface area contributed by atoms with E-state index in [-0.39, 0.29) is 5.97 Å². The number of carbonyl (C=O) groups is 1. The van der Waals surface area contributed by atoms with Gasteiger partial charge in [0.15, 0.2) is 0 Å². The molecule has 1 fully saturated rings. The van der Waals surface area contributed by atoms with E-state index in [0.717, 1.165) is 13.0 Å². The summed E-state index contributed by atoms with van der Waals surface area (Å²) in [5.41, 5.74) is 0. The molecule has 66 valence electrons. The van der Waals surface area contributed by atoms with Crippen molar-refractivity contribution in [2.24, 2.45) is 0 Å². The zero-order chi connectivity index (χ0) is 8.65. The minimum Gasteiger partial charge on any atom is -0.497 e. The van der Waals surface area contributed by atoms with Crippen molar-refractivity contribution in [3.8, 4) is 0 Å². The minimum atomic E-state index is -0.0463. The van der Waals surface area contributed by atoms with E-state index in [1.807, 2.05) is 18.2 Å². The standard InChI is InChI=1S/C5H6O.C4H6O2/c1-2-4-6-5-3-1;5-4-2-1-3-6-4/h1-4H,5H2;1-3H2. The fourth-order valence-electron chi connectivity index (χ4n) is 0.821. The third-order valence-corrected chi connectivity index (χ3v) is 1.40. The Bertz CT molecular complexity index is 174. The van der Waals surface area contributed by atoms with Gasteiger partial charge in [0.05, 0.1) is 12.9 Å². The molecule has 0 aliphatic carbocycles. The maximum Gasteiger partial charge on any atom is 0.305 e. The quantitative estimate of drug-likeness (QED) is 0.513. The summed E-state index contributed by atoms with van der Waals surface area (Å²) in [6.45, 7) is 1.37. The highest BCUT2D eigenvalue weighted by molar-refractivity contribution is 5.70. The van der Waals surface area contributed by atoms with Gasteiger partial charge in [0, 0.05) is 6.42 Å². The lowest BCUT2D eigenvalue weighted by Gasteiger charge is -1.94. The van der Waals surface area contributed by atoms with E-state index in [4.69, 9.17) is 4.74 Å². The Kier molecular flexibility index (Phi) is 3.98. The zero-order valence-corrected chi connectivity index (χ0v) is 6.86.